The summed E-state index contributed by atoms with van der Waals surface area (Å²) in [6.07, 6.45) is 0.00513. The van der Waals surface area contributed by atoms with Gasteiger partial charge in [-0.3, -0.25) is 0 Å². The summed E-state index contributed by atoms with van der Waals surface area (Å²) in [6, 6.07) is 0. The van der Waals surface area contributed by atoms with E-state index in [4.69, 9.17) is 4.43 Å². The van der Waals surface area contributed by atoms with Crippen LogP contribution in [0.3, 0.4) is 0 Å². The normalized spacial score (nSPS) is 16.5. The monoisotopic (exact) mass is 412 g/mol. The van der Waals surface area contributed by atoms with Crippen molar-refractivity contribution in [2.24, 2.45) is 0 Å². The first kappa shape index (κ1) is 19.6. The van der Waals surface area contributed by atoms with Crippen LogP contribution in [0.1, 0.15) is 27.2 Å². The van der Waals surface area contributed by atoms with Gasteiger partial charge in [-0.25, -0.2) is 0 Å². The summed E-state index contributed by atoms with van der Waals surface area (Å²) in [4.78, 5) is 0. The maximum absolute atomic E-state index is 10.1. The van der Waals surface area contributed by atoms with Gasteiger partial charge < -0.3 is 9.53 Å². The molecule has 0 aromatic carbocycles. The van der Waals surface area contributed by atoms with E-state index in [9.17, 15) is 5.11 Å². The van der Waals surface area contributed by atoms with E-state index in [0.717, 1.165) is 0 Å². The second-order valence-corrected chi connectivity index (χ2v) is 18.3. The molecule has 0 radical (unpaired) electrons. The summed E-state index contributed by atoms with van der Waals surface area (Å²) in [5, 5.41) is 10.3. The molecule has 0 aliphatic carbocycles. The Morgan fingerprint density at radius 2 is 1.63 bits per heavy atom. The van der Waals surface area contributed by atoms with Crippen LogP contribution in [0.4, 0.5) is 0 Å². The van der Waals surface area contributed by atoms with Gasteiger partial charge in [0.15, 0.2) is 8.32 Å². The Kier molecular flexibility index (Phi) is 7.31. The van der Waals surface area contributed by atoms with Crippen LogP contribution in [0.25, 0.3) is 0 Å². The number of hydrogen-bond donors (Lipinski definition) is 1. The molecule has 0 aliphatic heterocycles. The van der Waals surface area contributed by atoms with Crippen LogP contribution in [0, 0.1) is 11.5 Å². The van der Waals surface area contributed by atoms with Crippen molar-refractivity contribution < 1.29 is 9.53 Å². The lowest BCUT2D eigenvalue weighted by Crippen LogP contribution is -2.45. The average Bonchev–Trinajstić information content (AvgIpc) is 2.12. The first-order valence-electron chi connectivity index (χ1n) is 6.76. The van der Waals surface area contributed by atoms with E-state index in [1.54, 1.807) is 0 Å². The van der Waals surface area contributed by atoms with Gasteiger partial charge in [-0.2, -0.15) is 0 Å². The topological polar surface area (TPSA) is 29.5 Å². The molecule has 1 unspecified atom stereocenters. The summed E-state index contributed by atoms with van der Waals surface area (Å²) in [5.41, 5.74) is 3.28. The molecular formula is C14H29IO2Si2. The first-order chi connectivity index (χ1) is 8.26. The molecule has 2 atom stereocenters. The summed E-state index contributed by atoms with van der Waals surface area (Å²) in [7, 11) is -3.16. The van der Waals surface area contributed by atoms with Gasteiger partial charge in [-0.1, -0.05) is 40.4 Å². The highest BCUT2D eigenvalue weighted by molar-refractivity contribution is 14.1. The molecular weight excluding hydrogens is 383 g/mol. The molecule has 0 spiro atoms. The number of aliphatic hydroxyl groups is 1. The van der Waals surface area contributed by atoms with Crippen molar-refractivity contribution in [3.05, 3.63) is 0 Å². The molecule has 0 rings (SSSR count). The predicted molar refractivity (Wildman–Crippen MR) is 97.8 cm³/mol. The molecule has 2 nitrogen and oxygen atoms in total. The van der Waals surface area contributed by atoms with Crippen LogP contribution in [-0.4, -0.2) is 31.7 Å². The number of halogens is 1. The van der Waals surface area contributed by atoms with Gasteiger partial charge in [0.1, 0.15) is 12.2 Å². The van der Waals surface area contributed by atoms with E-state index in [0.29, 0.717) is 6.42 Å². The van der Waals surface area contributed by atoms with Gasteiger partial charge in [0.2, 0.25) is 0 Å². The SMILES string of the molecule is CC(C)(C)[Si](C)(C)O[C@H](I)C(O)CC#C[Si](C)(C)C. The van der Waals surface area contributed by atoms with Gasteiger partial charge in [0.05, 0.1) is 6.10 Å². The van der Waals surface area contributed by atoms with Crippen LogP contribution in [0.2, 0.25) is 37.8 Å². The van der Waals surface area contributed by atoms with E-state index >= 15 is 0 Å². The Hall–Kier alpha value is 0.644. The molecule has 0 aliphatic rings. The molecule has 1 N–H and O–H groups in total. The lowest BCUT2D eigenvalue weighted by molar-refractivity contribution is 0.0922. The molecule has 112 valence electrons. The second kappa shape index (κ2) is 7.07. The van der Waals surface area contributed by atoms with Gasteiger partial charge in [0, 0.05) is 6.42 Å². The van der Waals surface area contributed by atoms with Crippen LogP contribution in [-0.2, 0) is 4.43 Å². The minimum absolute atomic E-state index is 0.167. The maximum atomic E-state index is 10.1. The minimum Gasteiger partial charge on any atom is -0.403 e. The van der Waals surface area contributed by atoms with E-state index in [2.05, 4.69) is 87.6 Å². The Morgan fingerprint density at radius 3 is 2.00 bits per heavy atom. The summed E-state index contributed by atoms with van der Waals surface area (Å²) in [5.74, 6) is 3.12. The van der Waals surface area contributed by atoms with E-state index < -0.39 is 22.5 Å². The zero-order chi connectivity index (χ0) is 15.5. The minimum atomic E-state index is -1.81. The standard InChI is InChI=1S/C14H29IO2Si2/c1-14(2,3)19(7,8)17-13(15)12(16)10-9-11-18(4,5)6/h12-13,16H,10H2,1-8H3/t12?,13-/m0/s1. The zero-order valence-corrected chi connectivity index (χ0v) is 17.8. The maximum Gasteiger partial charge on any atom is 0.193 e. The molecule has 0 saturated heterocycles. The fraction of sp³-hybridized carbons (Fsp3) is 0.857. The third kappa shape index (κ3) is 7.85. The second-order valence-electron chi connectivity index (χ2n) is 7.55. The Morgan fingerprint density at radius 1 is 1.16 bits per heavy atom. The highest BCUT2D eigenvalue weighted by atomic mass is 127. The quantitative estimate of drug-likeness (QED) is 0.321. The first-order valence-corrected chi connectivity index (χ1v) is 14.4. The van der Waals surface area contributed by atoms with Gasteiger partial charge in [-0.05, 0) is 40.7 Å². The smallest absolute Gasteiger partial charge is 0.193 e. The molecule has 0 bridgehead atoms. The van der Waals surface area contributed by atoms with Crippen molar-refractivity contribution in [3.8, 4) is 11.5 Å². The highest BCUT2D eigenvalue weighted by Gasteiger charge is 2.39. The van der Waals surface area contributed by atoms with Crippen molar-refractivity contribution in [2.75, 3.05) is 0 Å². The van der Waals surface area contributed by atoms with E-state index in [1.807, 2.05) is 0 Å². The summed E-state index contributed by atoms with van der Waals surface area (Å²) >= 11 is 2.20. The Bertz CT molecular complexity index is 345. The fourth-order valence-corrected chi connectivity index (χ4v) is 4.92. The lowest BCUT2D eigenvalue weighted by Gasteiger charge is -2.38. The molecule has 19 heavy (non-hydrogen) atoms. The lowest BCUT2D eigenvalue weighted by atomic mass is 10.2. The van der Waals surface area contributed by atoms with Crippen LogP contribution in [0.5, 0.6) is 0 Å². The molecule has 0 fully saturated rings. The molecule has 0 heterocycles. The largest absolute Gasteiger partial charge is 0.403 e. The highest BCUT2D eigenvalue weighted by Crippen LogP contribution is 2.38. The van der Waals surface area contributed by atoms with Crippen LogP contribution >= 0.6 is 22.6 Å². The molecule has 0 saturated carbocycles. The molecule has 0 aromatic heterocycles. The Balaban J connectivity index is 4.51. The van der Waals surface area contributed by atoms with Crippen molar-refractivity contribution in [1.82, 2.24) is 0 Å². The third-order valence-electron chi connectivity index (χ3n) is 3.29. The number of hydrogen-bond acceptors (Lipinski definition) is 2. The summed E-state index contributed by atoms with van der Waals surface area (Å²) in [6.45, 7) is 17.7. The number of alkyl halides is 1. The van der Waals surface area contributed by atoms with Crippen molar-refractivity contribution >= 4 is 39.0 Å². The van der Waals surface area contributed by atoms with Gasteiger partial charge >= 0.3 is 0 Å². The molecule has 5 heteroatoms. The molecule has 0 amide bonds. The van der Waals surface area contributed by atoms with Crippen LogP contribution < -0.4 is 0 Å². The summed E-state index contributed by atoms with van der Waals surface area (Å²) < 4.78 is 5.99. The number of aliphatic hydroxyl groups excluding tert-OH is 1. The average molecular weight is 412 g/mol. The zero-order valence-electron chi connectivity index (χ0n) is 13.6. The van der Waals surface area contributed by atoms with Crippen molar-refractivity contribution in [1.29, 1.82) is 0 Å². The van der Waals surface area contributed by atoms with Crippen molar-refractivity contribution in [3.63, 3.8) is 0 Å². The molecule has 0 aromatic rings. The van der Waals surface area contributed by atoms with E-state index in [1.165, 1.54) is 0 Å². The van der Waals surface area contributed by atoms with Crippen LogP contribution in [0.15, 0.2) is 0 Å². The fourth-order valence-electron chi connectivity index (χ4n) is 1.05. The van der Waals surface area contributed by atoms with E-state index in [-0.39, 0.29) is 9.15 Å². The third-order valence-corrected chi connectivity index (χ3v) is 10.2. The predicted octanol–water partition coefficient (Wildman–Crippen LogP) is 4.40. The van der Waals surface area contributed by atoms with Gasteiger partial charge in [-0.15, -0.1) is 11.5 Å². The van der Waals surface area contributed by atoms with Crippen molar-refractivity contribution in [2.45, 2.75) is 75.2 Å². The Labute approximate surface area is 135 Å². The number of rotatable bonds is 4. The van der Waals surface area contributed by atoms with Gasteiger partial charge in [0.25, 0.3) is 0 Å².